The third-order valence-electron chi connectivity index (χ3n) is 5.53. The molecule has 0 saturated carbocycles. The van der Waals surface area contributed by atoms with Crippen molar-refractivity contribution in [2.75, 3.05) is 38.7 Å². The summed E-state index contributed by atoms with van der Waals surface area (Å²) in [6.07, 6.45) is 1.65. The van der Waals surface area contributed by atoms with Crippen molar-refractivity contribution in [2.45, 2.75) is 20.8 Å². The molecule has 0 spiro atoms. The van der Waals surface area contributed by atoms with Gasteiger partial charge in [-0.15, -0.1) is 0 Å². The third-order valence-corrected chi connectivity index (χ3v) is 5.53. The zero-order chi connectivity index (χ0) is 23.5. The fourth-order valence-corrected chi connectivity index (χ4v) is 4.03. The second-order valence-electron chi connectivity index (χ2n) is 8.31. The van der Waals surface area contributed by atoms with E-state index in [9.17, 15) is 9.59 Å². The summed E-state index contributed by atoms with van der Waals surface area (Å²) in [6.45, 7) is 7.09. The summed E-state index contributed by atoms with van der Waals surface area (Å²) in [5.74, 6) is 1.67. The molecule has 1 aromatic carbocycles. The van der Waals surface area contributed by atoms with E-state index in [4.69, 9.17) is 9.47 Å². The van der Waals surface area contributed by atoms with Crippen molar-refractivity contribution in [3.8, 4) is 17.2 Å². The number of nitrogens with zero attached hydrogens (tertiary/aromatic N) is 3. The second kappa shape index (κ2) is 9.46. The van der Waals surface area contributed by atoms with Crippen molar-refractivity contribution in [3.05, 3.63) is 65.1 Å². The van der Waals surface area contributed by atoms with Gasteiger partial charge >= 0.3 is 0 Å². The van der Waals surface area contributed by atoms with Gasteiger partial charge in [-0.3, -0.25) is 14.5 Å². The van der Waals surface area contributed by atoms with Gasteiger partial charge in [0, 0.05) is 34.9 Å². The first-order chi connectivity index (χ1) is 15.8. The van der Waals surface area contributed by atoms with Crippen LogP contribution in [-0.2, 0) is 4.79 Å². The highest BCUT2D eigenvalue weighted by Gasteiger charge is 2.20. The molecular weight excluding hydrogens is 420 g/mol. The molecule has 0 unspecified atom stereocenters. The molecule has 8 nitrogen and oxygen atoms in total. The number of benzene rings is 1. The number of nitrogens with one attached hydrogen (secondary N) is 1. The summed E-state index contributed by atoms with van der Waals surface area (Å²) in [5.41, 5.74) is 4.34. The van der Waals surface area contributed by atoms with E-state index in [1.165, 1.54) is 0 Å². The van der Waals surface area contributed by atoms with Crippen molar-refractivity contribution in [1.82, 2.24) is 14.5 Å². The van der Waals surface area contributed by atoms with E-state index in [0.29, 0.717) is 30.3 Å². The average Bonchev–Trinajstić information content (AvgIpc) is 3.07. The number of carbonyl (C=O) groups excluding carboxylic acids is 2. The Kier molecular flexibility index (Phi) is 6.46. The quantitative estimate of drug-likeness (QED) is 0.558. The maximum absolute atomic E-state index is 13.0. The number of ether oxygens (including phenoxy) is 2. The number of aromatic nitrogens is 2. The summed E-state index contributed by atoms with van der Waals surface area (Å²) in [7, 11) is 1.75. The van der Waals surface area contributed by atoms with E-state index in [-0.39, 0.29) is 24.8 Å². The highest BCUT2D eigenvalue weighted by atomic mass is 16.6. The van der Waals surface area contributed by atoms with Crippen molar-refractivity contribution in [2.24, 2.45) is 0 Å². The van der Waals surface area contributed by atoms with Gasteiger partial charge in [-0.05, 0) is 63.7 Å². The van der Waals surface area contributed by atoms with Crippen LogP contribution in [0.3, 0.4) is 0 Å². The molecule has 2 aromatic heterocycles. The Hall–Kier alpha value is -3.65. The Morgan fingerprint density at radius 3 is 2.55 bits per heavy atom. The third kappa shape index (κ3) is 5.06. The molecule has 0 radical (unpaired) electrons. The monoisotopic (exact) mass is 448 g/mol. The highest BCUT2D eigenvalue weighted by Crippen LogP contribution is 2.33. The Bertz CT molecular complexity index is 1200. The van der Waals surface area contributed by atoms with Gasteiger partial charge in [0.25, 0.3) is 0 Å². The smallest absolute Gasteiger partial charge is 0.239 e. The van der Waals surface area contributed by atoms with Gasteiger partial charge in [0.2, 0.25) is 5.91 Å². The zero-order valence-electron chi connectivity index (χ0n) is 19.3. The van der Waals surface area contributed by atoms with Gasteiger partial charge in [-0.2, -0.15) is 0 Å². The highest BCUT2D eigenvalue weighted by molar-refractivity contribution is 5.99. The molecule has 0 atom stereocenters. The van der Waals surface area contributed by atoms with Crippen LogP contribution in [0.5, 0.6) is 11.5 Å². The number of ketones is 1. The van der Waals surface area contributed by atoms with E-state index >= 15 is 0 Å². The van der Waals surface area contributed by atoms with Crippen LogP contribution in [0.2, 0.25) is 0 Å². The molecule has 1 N–H and O–H groups in total. The van der Waals surface area contributed by atoms with Crippen molar-refractivity contribution in [1.29, 1.82) is 0 Å². The van der Waals surface area contributed by atoms with Gasteiger partial charge in [0.1, 0.15) is 19.0 Å². The minimum Gasteiger partial charge on any atom is -0.486 e. The van der Waals surface area contributed by atoms with Crippen LogP contribution in [0.1, 0.15) is 27.3 Å². The summed E-state index contributed by atoms with van der Waals surface area (Å²) < 4.78 is 13.3. The Morgan fingerprint density at radius 1 is 1.03 bits per heavy atom. The Labute approximate surface area is 193 Å². The first-order valence-corrected chi connectivity index (χ1v) is 10.8. The number of Topliss-reactive ketones (excluding diaryl/α,β-unsaturated/α-hetero) is 1. The van der Waals surface area contributed by atoms with Gasteiger partial charge in [-0.1, -0.05) is 0 Å². The number of fused-ring (bicyclic) bond motifs is 1. The first kappa shape index (κ1) is 22.5. The molecule has 172 valence electrons. The maximum atomic E-state index is 13.0. The fraction of sp³-hybridized carbons (Fsp3) is 0.320. The van der Waals surface area contributed by atoms with E-state index in [0.717, 1.165) is 28.4 Å². The molecule has 3 aromatic rings. The molecule has 1 amide bonds. The second-order valence-corrected chi connectivity index (χ2v) is 8.31. The molecule has 0 saturated heterocycles. The summed E-state index contributed by atoms with van der Waals surface area (Å²) >= 11 is 0. The number of carbonyl (C=O) groups is 2. The minimum absolute atomic E-state index is 0.0455. The van der Waals surface area contributed by atoms with Crippen molar-refractivity contribution < 1.29 is 19.1 Å². The number of amides is 1. The number of rotatable bonds is 7. The molecule has 8 heteroatoms. The lowest BCUT2D eigenvalue weighted by atomic mass is 10.1. The molecule has 4 rings (SSSR count). The van der Waals surface area contributed by atoms with E-state index < -0.39 is 0 Å². The number of likely N-dealkylation sites (N-methyl/N-ethyl adjacent to an activating group) is 1. The number of aryl methyl sites for hydroxylation is 2. The standard InChI is InChI=1S/C25H28N4O4/c1-16-7-8-26-24(11-16)27-25(31)15-28(4)14-21(30)20-12-17(2)29(18(20)3)19-5-6-22-23(13-19)33-10-9-32-22/h5-8,11-13H,9-10,14-15H2,1-4H3,(H,26,27,31). The van der Waals surface area contributed by atoms with E-state index in [1.54, 1.807) is 24.2 Å². The van der Waals surface area contributed by atoms with Crippen LogP contribution in [-0.4, -0.2) is 59.5 Å². The molecule has 3 heterocycles. The number of hydrogen-bond donors (Lipinski definition) is 1. The molecule has 0 fully saturated rings. The lowest BCUT2D eigenvalue weighted by Gasteiger charge is -2.20. The van der Waals surface area contributed by atoms with Crippen LogP contribution >= 0.6 is 0 Å². The molecular formula is C25H28N4O4. The van der Waals surface area contributed by atoms with Crippen LogP contribution in [0.15, 0.2) is 42.6 Å². The molecule has 0 bridgehead atoms. The molecule has 1 aliphatic heterocycles. The van der Waals surface area contributed by atoms with Crippen molar-refractivity contribution >= 4 is 17.5 Å². The summed E-state index contributed by atoms with van der Waals surface area (Å²) in [4.78, 5) is 31.2. The topological polar surface area (TPSA) is 85.7 Å². The normalized spacial score (nSPS) is 12.6. The molecule has 1 aliphatic rings. The SMILES string of the molecule is Cc1ccnc(NC(=O)CN(C)CC(=O)c2cc(C)n(-c3ccc4c(c3)OCCO4)c2C)c1. The van der Waals surface area contributed by atoms with Crippen LogP contribution in [0.25, 0.3) is 5.69 Å². The zero-order valence-corrected chi connectivity index (χ0v) is 19.3. The summed E-state index contributed by atoms with van der Waals surface area (Å²) in [5, 5.41) is 2.77. The Balaban J connectivity index is 1.44. The Morgan fingerprint density at radius 2 is 1.79 bits per heavy atom. The van der Waals surface area contributed by atoms with Crippen molar-refractivity contribution in [3.63, 3.8) is 0 Å². The van der Waals surface area contributed by atoms with Gasteiger partial charge in [-0.25, -0.2) is 4.98 Å². The van der Waals surface area contributed by atoms with E-state index in [2.05, 4.69) is 10.3 Å². The minimum atomic E-state index is -0.217. The van der Waals surface area contributed by atoms with Gasteiger partial charge in [0.15, 0.2) is 17.3 Å². The maximum Gasteiger partial charge on any atom is 0.239 e. The largest absolute Gasteiger partial charge is 0.486 e. The summed E-state index contributed by atoms with van der Waals surface area (Å²) in [6, 6.07) is 11.3. The predicted molar refractivity (Wildman–Crippen MR) is 126 cm³/mol. The number of pyridine rings is 1. The first-order valence-electron chi connectivity index (χ1n) is 10.8. The van der Waals surface area contributed by atoms with Crippen LogP contribution < -0.4 is 14.8 Å². The lowest BCUT2D eigenvalue weighted by Crippen LogP contribution is -2.34. The average molecular weight is 449 g/mol. The predicted octanol–water partition coefficient (Wildman–Crippen LogP) is 3.32. The molecule has 0 aliphatic carbocycles. The molecule has 33 heavy (non-hydrogen) atoms. The van der Waals surface area contributed by atoms with Crippen LogP contribution in [0, 0.1) is 20.8 Å². The van der Waals surface area contributed by atoms with Gasteiger partial charge in [0.05, 0.1) is 13.1 Å². The van der Waals surface area contributed by atoms with Crippen LogP contribution in [0.4, 0.5) is 5.82 Å². The fourth-order valence-electron chi connectivity index (χ4n) is 4.03. The lowest BCUT2D eigenvalue weighted by molar-refractivity contribution is -0.116. The van der Waals surface area contributed by atoms with Gasteiger partial charge < -0.3 is 19.4 Å². The van der Waals surface area contributed by atoms with E-state index in [1.807, 2.05) is 55.7 Å². The number of anilines is 1. The number of hydrogen-bond acceptors (Lipinski definition) is 6.